The van der Waals surface area contributed by atoms with Gasteiger partial charge in [0.2, 0.25) is 0 Å². The van der Waals surface area contributed by atoms with E-state index >= 15 is 0 Å². The van der Waals surface area contributed by atoms with E-state index in [-0.39, 0.29) is 0 Å². The number of aromatic nitrogens is 1. The van der Waals surface area contributed by atoms with Crippen LogP contribution in [0.4, 0.5) is 0 Å². The highest BCUT2D eigenvalue weighted by Crippen LogP contribution is 2.30. The molecule has 1 aliphatic rings. The Morgan fingerprint density at radius 2 is 2.14 bits per heavy atom. The van der Waals surface area contributed by atoms with Gasteiger partial charge < -0.3 is 15.1 Å². The average Bonchev–Trinajstić information content (AvgIpc) is 2.92. The molecule has 1 aromatic carbocycles. The summed E-state index contributed by atoms with van der Waals surface area (Å²) in [5.41, 5.74) is 0.768. The van der Waals surface area contributed by atoms with Crippen LogP contribution in [0.1, 0.15) is 30.4 Å². The Bertz CT molecular complexity index is 635. The molecule has 1 amide bonds. The van der Waals surface area contributed by atoms with Crippen LogP contribution in [0, 0.1) is 5.92 Å². The first kappa shape index (κ1) is 15.4. The van der Waals surface area contributed by atoms with Gasteiger partial charge in [-0.3, -0.25) is 4.79 Å². The quantitative estimate of drug-likeness (QED) is 0.883. The second kappa shape index (κ2) is 6.32. The van der Waals surface area contributed by atoms with Crippen molar-refractivity contribution in [1.82, 2.24) is 9.88 Å². The van der Waals surface area contributed by atoms with E-state index in [9.17, 15) is 15.0 Å². The topological polar surface area (TPSA) is 73.7 Å². The van der Waals surface area contributed by atoms with E-state index in [1.807, 2.05) is 24.3 Å². The molecule has 1 aromatic heterocycles. The van der Waals surface area contributed by atoms with Crippen LogP contribution in [-0.4, -0.2) is 45.7 Å². The summed E-state index contributed by atoms with van der Waals surface area (Å²) >= 11 is 1.30. The number of likely N-dealkylation sites (N-methyl/N-ethyl adjacent to an activating group) is 1. The van der Waals surface area contributed by atoms with Gasteiger partial charge in [-0.1, -0.05) is 18.6 Å². The number of benzene rings is 1. The number of nitrogens with zero attached hydrogens (tertiary/aromatic N) is 2. The maximum absolute atomic E-state index is 12.2. The average molecular weight is 320 g/mol. The van der Waals surface area contributed by atoms with Gasteiger partial charge in [-0.05, 0) is 30.9 Å². The Kier molecular flexibility index (Phi) is 4.42. The molecular formula is C16H20N2O3S. The summed E-state index contributed by atoms with van der Waals surface area (Å²) in [4.78, 5) is 18.1. The largest absolute Gasteiger partial charge is 0.383 e. The van der Waals surface area contributed by atoms with Crippen molar-refractivity contribution in [2.75, 3.05) is 13.6 Å². The van der Waals surface area contributed by atoms with Crippen LogP contribution >= 0.6 is 11.3 Å². The van der Waals surface area contributed by atoms with Gasteiger partial charge in [-0.25, -0.2) is 4.98 Å². The Morgan fingerprint density at radius 3 is 2.77 bits per heavy atom. The van der Waals surface area contributed by atoms with Gasteiger partial charge in [0.15, 0.2) is 6.10 Å². The first-order valence-corrected chi connectivity index (χ1v) is 8.34. The Morgan fingerprint density at radius 1 is 1.41 bits per heavy atom. The summed E-state index contributed by atoms with van der Waals surface area (Å²) in [5.74, 6) is 0.0828. The van der Waals surface area contributed by atoms with Crippen LogP contribution < -0.4 is 0 Å². The number of aliphatic hydroxyl groups excluding tert-OH is 2. The predicted octanol–water partition coefficient (Wildman–Crippen LogP) is 1.95. The number of fused-ring (bicyclic) bond motifs is 1. The molecule has 1 heterocycles. The van der Waals surface area contributed by atoms with Crippen LogP contribution in [-0.2, 0) is 4.79 Å². The van der Waals surface area contributed by atoms with Crippen LogP contribution in [0.2, 0.25) is 0 Å². The molecular weight excluding hydrogens is 300 g/mol. The van der Waals surface area contributed by atoms with Crippen molar-refractivity contribution < 1.29 is 15.0 Å². The van der Waals surface area contributed by atoms with Gasteiger partial charge in [0, 0.05) is 13.6 Å². The summed E-state index contributed by atoms with van der Waals surface area (Å²) in [7, 11) is 1.68. The molecule has 2 unspecified atom stereocenters. The molecule has 3 rings (SSSR count). The van der Waals surface area contributed by atoms with Gasteiger partial charge in [-0.15, -0.1) is 11.3 Å². The summed E-state index contributed by atoms with van der Waals surface area (Å²) in [5, 5.41) is 20.8. The van der Waals surface area contributed by atoms with Gasteiger partial charge in [0.25, 0.3) is 5.91 Å². The number of para-hydroxylation sites is 1. The third-order valence-corrected chi connectivity index (χ3v) is 5.36. The van der Waals surface area contributed by atoms with Crippen molar-refractivity contribution in [3.05, 3.63) is 29.3 Å². The van der Waals surface area contributed by atoms with E-state index in [0.717, 1.165) is 23.1 Å². The van der Waals surface area contributed by atoms with Gasteiger partial charge in [0.05, 0.1) is 10.2 Å². The number of hydrogen-bond acceptors (Lipinski definition) is 5. The molecule has 0 bridgehead atoms. The first-order chi connectivity index (χ1) is 10.6. The standard InChI is InChI=1S/C16H20N2O3S/c1-18(9-10-5-4-6-10)16(21)14(20)13(19)15-17-11-7-2-3-8-12(11)22-15/h2-3,7-8,10,13-14,19-20H,4-6,9H2,1H3. The number of thiazole rings is 1. The molecule has 0 saturated heterocycles. The molecule has 2 aromatic rings. The van der Waals surface area contributed by atoms with Crippen molar-refractivity contribution in [2.45, 2.75) is 31.5 Å². The van der Waals surface area contributed by atoms with Gasteiger partial charge in [-0.2, -0.15) is 0 Å². The maximum Gasteiger partial charge on any atom is 0.254 e. The highest BCUT2D eigenvalue weighted by atomic mass is 32.1. The lowest BCUT2D eigenvalue weighted by atomic mass is 9.85. The third kappa shape index (κ3) is 2.99. The van der Waals surface area contributed by atoms with Crippen LogP contribution in [0.3, 0.4) is 0 Å². The number of aliphatic hydroxyl groups is 2. The summed E-state index contributed by atoms with van der Waals surface area (Å²) < 4.78 is 0.930. The number of amides is 1. The SMILES string of the molecule is CN(CC1CCC1)C(=O)C(O)C(O)c1nc2ccccc2s1. The second-order valence-corrected chi connectivity index (χ2v) is 6.99. The normalized spacial score (nSPS) is 18.0. The zero-order valence-corrected chi connectivity index (χ0v) is 13.3. The van der Waals surface area contributed by atoms with E-state index in [2.05, 4.69) is 4.98 Å². The summed E-state index contributed by atoms with van der Waals surface area (Å²) in [6.07, 6.45) is 0.727. The van der Waals surface area contributed by atoms with Crippen molar-refractivity contribution in [3.63, 3.8) is 0 Å². The first-order valence-electron chi connectivity index (χ1n) is 7.53. The number of carbonyl (C=O) groups excluding carboxylic acids is 1. The van der Waals surface area contributed by atoms with Gasteiger partial charge in [0.1, 0.15) is 11.1 Å². The molecule has 2 N–H and O–H groups in total. The number of rotatable bonds is 5. The van der Waals surface area contributed by atoms with E-state index in [4.69, 9.17) is 0 Å². The Labute approximate surface area is 133 Å². The summed E-state index contributed by atoms with van der Waals surface area (Å²) in [6, 6.07) is 7.51. The molecule has 6 heteroatoms. The van der Waals surface area contributed by atoms with Crippen LogP contribution in [0.25, 0.3) is 10.2 Å². The van der Waals surface area contributed by atoms with Crippen LogP contribution in [0.5, 0.6) is 0 Å². The maximum atomic E-state index is 12.2. The molecule has 5 nitrogen and oxygen atoms in total. The molecule has 118 valence electrons. The fraction of sp³-hybridized carbons (Fsp3) is 0.500. The lowest BCUT2D eigenvalue weighted by Crippen LogP contribution is -2.42. The van der Waals surface area contributed by atoms with E-state index in [1.165, 1.54) is 22.7 Å². The van der Waals surface area contributed by atoms with E-state index in [0.29, 0.717) is 17.5 Å². The Hall–Kier alpha value is -1.50. The van der Waals surface area contributed by atoms with Gasteiger partial charge >= 0.3 is 0 Å². The zero-order valence-electron chi connectivity index (χ0n) is 12.5. The minimum absolute atomic E-state index is 0.374. The van der Waals surface area contributed by atoms with Crippen molar-refractivity contribution >= 4 is 27.5 Å². The predicted molar refractivity (Wildman–Crippen MR) is 85.6 cm³/mol. The highest BCUT2D eigenvalue weighted by molar-refractivity contribution is 7.18. The minimum Gasteiger partial charge on any atom is -0.383 e. The molecule has 22 heavy (non-hydrogen) atoms. The van der Waals surface area contributed by atoms with Crippen LogP contribution in [0.15, 0.2) is 24.3 Å². The zero-order chi connectivity index (χ0) is 15.7. The molecule has 0 aliphatic heterocycles. The second-order valence-electron chi connectivity index (χ2n) is 5.93. The molecule has 2 atom stereocenters. The third-order valence-electron chi connectivity index (χ3n) is 4.25. The fourth-order valence-electron chi connectivity index (χ4n) is 2.67. The number of carbonyl (C=O) groups is 1. The smallest absolute Gasteiger partial charge is 0.254 e. The molecule has 1 aliphatic carbocycles. The minimum atomic E-state index is -1.47. The lowest BCUT2D eigenvalue weighted by Gasteiger charge is -2.31. The van der Waals surface area contributed by atoms with Crippen molar-refractivity contribution in [1.29, 1.82) is 0 Å². The molecule has 0 spiro atoms. The molecule has 1 saturated carbocycles. The summed E-state index contributed by atoms with van der Waals surface area (Å²) in [6.45, 7) is 0.641. The van der Waals surface area contributed by atoms with Crippen molar-refractivity contribution in [2.24, 2.45) is 5.92 Å². The lowest BCUT2D eigenvalue weighted by molar-refractivity contribution is -0.146. The fourth-order valence-corrected chi connectivity index (χ4v) is 3.65. The monoisotopic (exact) mass is 320 g/mol. The van der Waals surface area contributed by atoms with Crippen molar-refractivity contribution in [3.8, 4) is 0 Å². The molecule has 1 fully saturated rings. The van der Waals surface area contributed by atoms with E-state index in [1.54, 1.807) is 7.05 Å². The Balaban J connectivity index is 1.69. The highest BCUT2D eigenvalue weighted by Gasteiger charge is 2.32. The van der Waals surface area contributed by atoms with E-state index < -0.39 is 18.1 Å². The molecule has 0 radical (unpaired) electrons. The number of hydrogen-bond donors (Lipinski definition) is 2.